The normalized spacial score (nSPS) is 10.4. The van der Waals surface area contributed by atoms with Gasteiger partial charge in [-0.3, -0.25) is 4.79 Å². The van der Waals surface area contributed by atoms with Crippen LogP contribution in [0.15, 0.2) is 42.5 Å². The number of carbonyl (C=O) groups is 1. The first-order chi connectivity index (χ1) is 10.1. The van der Waals surface area contributed by atoms with Gasteiger partial charge in [-0.2, -0.15) is 0 Å². The standard InChI is InChI=1S/C17H19FN2O/c1-2-3-5-12-8-10-13(11-9-12)20-17(21)14-6-4-7-15(18)16(14)19/h4,6-11H,2-3,5,19H2,1H3,(H,20,21). The maximum absolute atomic E-state index is 13.3. The van der Waals surface area contributed by atoms with Crippen molar-refractivity contribution in [2.75, 3.05) is 11.1 Å². The van der Waals surface area contributed by atoms with Crippen LogP contribution in [-0.4, -0.2) is 5.91 Å². The average Bonchev–Trinajstić information content (AvgIpc) is 2.49. The van der Waals surface area contributed by atoms with E-state index in [0.29, 0.717) is 5.69 Å². The van der Waals surface area contributed by atoms with E-state index in [1.807, 2.05) is 24.3 Å². The Hall–Kier alpha value is -2.36. The fourth-order valence-electron chi connectivity index (χ4n) is 2.07. The van der Waals surface area contributed by atoms with Crippen LogP contribution in [-0.2, 0) is 6.42 Å². The highest BCUT2D eigenvalue weighted by molar-refractivity contribution is 6.07. The molecule has 0 fully saturated rings. The van der Waals surface area contributed by atoms with Gasteiger partial charge in [-0.05, 0) is 42.7 Å². The smallest absolute Gasteiger partial charge is 0.257 e. The lowest BCUT2D eigenvalue weighted by Crippen LogP contribution is -2.14. The monoisotopic (exact) mass is 286 g/mol. The number of aryl methyl sites for hydroxylation is 1. The second-order valence-electron chi connectivity index (χ2n) is 4.96. The Balaban J connectivity index is 2.07. The quantitative estimate of drug-likeness (QED) is 0.816. The highest BCUT2D eigenvalue weighted by Gasteiger charge is 2.12. The first-order valence-electron chi connectivity index (χ1n) is 7.06. The van der Waals surface area contributed by atoms with Crippen LogP contribution in [0.4, 0.5) is 15.8 Å². The van der Waals surface area contributed by atoms with Crippen molar-refractivity contribution in [2.45, 2.75) is 26.2 Å². The van der Waals surface area contributed by atoms with E-state index < -0.39 is 11.7 Å². The predicted octanol–water partition coefficient (Wildman–Crippen LogP) is 4.00. The van der Waals surface area contributed by atoms with Gasteiger partial charge in [-0.15, -0.1) is 0 Å². The number of anilines is 2. The SMILES string of the molecule is CCCCc1ccc(NC(=O)c2cccc(F)c2N)cc1. The van der Waals surface area contributed by atoms with Crippen LogP contribution in [0.3, 0.4) is 0 Å². The Labute approximate surface area is 124 Å². The molecular formula is C17H19FN2O. The van der Waals surface area contributed by atoms with Crippen molar-refractivity contribution in [1.29, 1.82) is 0 Å². The molecule has 2 rings (SSSR count). The van der Waals surface area contributed by atoms with Gasteiger partial charge in [0.1, 0.15) is 5.82 Å². The van der Waals surface area contributed by atoms with Crippen molar-refractivity contribution < 1.29 is 9.18 Å². The number of carbonyl (C=O) groups excluding carboxylic acids is 1. The summed E-state index contributed by atoms with van der Waals surface area (Å²) in [6, 6.07) is 11.9. The third kappa shape index (κ3) is 3.81. The summed E-state index contributed by atoms with van der Waals surface area (Å²) in [6.45, 7) is 2.15. The van der Waals surface area contributed by atoms with Gasteiger partial charge in [-0.25, -0.2) is 4.39 Å². The summed E-state index contributed by atoms with van der Waals surface area (Å²) in [5.74, 6) is -0.995. The van der Waals surface area contributed by atoms with Crippen LogP contribution in [0, 0.1) is 5.82 Å². The molecule has 1 amide bonds. The summed E-state index contributed by atoms with van der Waals surface area (Å²) in [4.78, 5) is 12.1. The molecule has 3 nitrogen and oxygen atoms in total. The third-order valence-electron chi connectivity index (χ3n) is 3.33. The molecule has 110 valence electrons. The Morgan fingerprint density at radius 3 is 2.57 bits per heavy atom. The van der Waals surface area contributed by atoms with Crippen LogP contribution in [0.5, 0.6) is 0 Å². The minimum Gasteiger partial charge on any atom is -0.396 e. The molecule has 0 saturated carbocycles. The zero-order valence-electron chi connectivity index (χ0n) is 12.0. The molecular weight excluding hydrogens is 267 g/mol. The van der Waals surface area contributed by atoms with E-state index in [9.17, 15) is 9.18 Å². The number of para-hydroxylation sites is 1. The summed E-state index contributed by atoms with van der Waals surface area (Å²) in [5.41, 5.74) is 7.50. The summed E-state index contributed by atoms with van der Waals surface area (Å²) < 4.78 is 13.3. The number of hydrogen-bond donors (Lipinski definition) is 2. The molecule has 0 bridgehead atoms. The Morgan fingerprint density at radius 1 is 1.19 bits per heavy atom. The van der Waals surface area contributed by atoms with Crippen molar-refractivity contribution >= 4 is 17.3 Å². The second-order valence-corrected chi connectivity index (χ2v) is 4.96. The van der Waals surface area contributed by atoms with Crippen molar-refractivity contribution in [3.8, 4) is 0 Å². The molecule has 21 heavy (non-hydrogen) atoms. The fourth-order valence-corrected chi connectivity index (χ4v) is 2.07. The molecule has 0 heterocycles. The zero-order valence-corrected chi connectivity index (χ0v) is 12.0. The van der Waals surface area contributed by atoms with E-state index in [2.05, 4.69) is 12.2 Å². The number of unbranched alkanes of at least 4 members (excludes halogenated alkanes) is 1. The molecule has 0 aromatic heterocycles. The number of rotatable bonds is 5. The number of nitrogens with one attached hydrogen (secondary N) is 1. The van der Waals surface area contributed by atoms with Gasteiger partial charge >= 0.3 is 0 Å². The highest BCUT2D eigenvalue weighted by Crippen LogP contribution is 2.18. The molecule has 0 aliphatic heterocycles. The lowest BCUT2D eigenvalue weighted by atomic mass is 10.1. The Kier molecular flexibility index (Phi) is 4.93. The topological polar surface area (TPSA) is 55.1 Å². The zero-order chi connectivity index (χ0) is 15.2. The molecule has 0 aliphatic rings. The molecule has 0 saturated heterocycles. The number of halogens is 1. The van der Waals surface area contributed by atoms with Gasteiger partial charge in [-0.1, -0.05) is 31.5 Å². The molecule has 0 atom stereocenters. The molecule has 0 spiro atoms. The number of hydrogen-bond acceptors (Lipinski definition) is 2. The second kappa shape index (κ2) is 6.88. The number of nitrogen functional groups attached to an aromatic ring is 1. The molecule has 0 unspecified atom stereocenters. The number of nitrogens with two attached hydrogens (primary N) is 1. The van der Waals surface area contributed by atoms with Gasteiger partial charge in [0.15, 0.2) is 0 Å². The first kappa shape index (κ1) is 15.0. The van der Waals surface area contributed by atoms with Crippen LogP contribution in [0.1, 0.15) is 35.7 Å². The third-order valence-corrected chi connectivity index (χ3v) is 3.33. The molecule has 2 aromatic carbocycles. The Bertz CT molecular complexity index is 623. The van der Waals surface area contributed by atoms with Crippen LogP contribution in [0.25, 0.3) is 0 Å². The summed E-state index contributed by atoms with van der Waals surface area (Å²) in [6.07, 6.45) is 3.32. The van der Waals surface area contributed by atoms with E-state index in [-0.39, 0.29) is 11.3 Å². The molecule has 2 aromatic rings. The Morgan fingerprint density at radius 2 is 1.90 bits per heavy atom. The van der Waals surface area contributed by atoms with E-state index >= 15 is 0 Å². The van der Waals surface area contributed by atoms with E-state index in [0.717, 1.165) is 19.3 Å². The summed E-state index contributed by atoms with van der Waals surface area (Å²) in [5, 5.41) is 2.72. The number of amides is 1. The van der Waals surface area contributed by atoms with Gasteiger partial charge in [0.05, 0.1) is 11.3 Å². The molecule has 4 heteroatoms. The van der Waals surface area contributed by atoms with Crippen LogP contribution >= 0.6 is 0 Å². The van der Waals surface area contributed by atoms with Crippen molar-refractivity contribution in [1.82, 2.24) is 0 Å². The maximum atomic E-state index is 13.3. The first-order valence-corrected chi connectivity index (χ1v) is 7.06. The largest absolute Gasteiger partial charge is 0.396 e. The molecule has 0 aliphatic carbocycles. The van der Waals surface area contributed by atoms with Gasteiger partial charge in [0.25, 0.3) is 5.91 Å². The van der Waals surface area contributed by atoms with E-state index in [1.54, 1.807) is 0 Å². The van der Waals surface area contributed by atoms with E-state index in [1.165, 1.54) is 23.8 Å². The van der Waals surface area contributed by atoms with Gasteiger partial charge < -0.3 is 11.1 Å². The van der Waals surface area contributed by atoms with Crippen molar-refractivity contribution in [3.63, 3.8) is 0 Å². The molecule has 0 radical (unpaired) electrons. The van der Waals surface area contributed by atoms with Gasteiger partial charge in [0, 0.05) is 5.69 Å². The van der Waals surface area contributed by atoms with Crippen LogP contribution < -0.4 is 11.1 Å². The minimum atomic E-state index is -0.586. The minimum absolute atomic E-state index is 0.130. The van der Waals surface area contributed by atoms with Crippen molar-refractivity contribution in [3.05, 3.63) is 59.4 Å². The summed E-state index contributed by atoms with van der Waals surface area (Å²) >= 11 is 0. The van der Waals surface area contributed by atoms with Crippen molar-refractivity contribution in [2.24, 2.45) is 0 Å². The summed E-state index contributed by atoms with van der Waals surface area (Å²) in [7, 11) is 0. The van der Waals surface area contributed by atoms with Crippen LogP contribution in [0.2, 0.25) is 0 Å². The lowest BCUT2D eigenvalue weighted by Gasteiger charge is -2.09. The van der Waals surface area contributed by atoms with E-state index in [4.69, 9.17) is 5.73 Å². The number of benzene rings is 2. The molecule has 3 N–H and O–H groups in total. The predicted molar refractivity (Wildman–Crippen MR) is 83.8 cm³/mol. The lowest BCUT2D eigenvalue weighted by molar-refractivity contribution is 0.102. The average molecular weight is 286 g/mol. The highest BCUT2D eigenvalue weighted by atomic mass is 19.1. The maximum Gasteiger partial charge on any atom is 0.257 e. The van der Waals surface area contributed by atoms with Gasteiger partial charge in [0.2, 0.25) is 0 Å². The fraction of sp³-hybridized carbons (Fsp3) is 0.235.